The lowest BCUT2D eigenvalue weighted by molar-refractivity contribution is -0.142. The van der Waals surface area contributed by atoms with Gasteiger partial charge in [0, 0.05) is 17.3 Å². The molecule has 3 N–H and O–H groups in total. The van der Waals surface area contributed by atoms with Crippen molar-refractivity contribution < 1.29 is 38.1 Å². The van der Waals surface area contributed by atoms with Crippen LogP contribution in [0.1, 0.15) is 35.3 Å². The van der Waals surface area contributed by atoms with Gasteiger partial charge in [0.25, 0.3) is 0 Å². The number of anilines is 2. The molecule has 0 saturated heterocycles. The third kappa shape index (κ3) is 8.44. The maximum atomic E-state index is 15.6. The van der Waals surface area contributed by atoms with Crippen LogP contribution in [0.5, 0.6) is 11.5 Å². The number of hydrogen-bond donors (Lipinski definition) is 3. The summed E-state index contributed by atoms with van der Waals surface area (Å²) in [5.74, 6) is -1.66. The van der Waals surface area contributed by atoms with Crippen LogP contribution >= 0.6 is 0 Å². The molecule has 11 heteroatoms. The van der Waals surface area contributed by atoms with E-state index in [1.165, 1.54) is 12.3 Å². The van der Waals surface area contributed by atoms with Gasteiger partial charge < -0.3 is 29.5 Å². The molecule has 3 aromatic rings. The molecule has 3 rings (SSSR count). The highest BCUT2D eigenvalue weighted by atomic mass is 19.1. The fourth-order valence-electron chi connectivity index (χ4n) is 3.45. The number of nitrogens with zero attached hydrogens (tertiary/aromatic N) is 1. The molecule has 0 bridgehead atoms. The third-order valence-electron chi connectivity index (χ3n) is 5.14. The molecule has 0 aromatic heterocycles. The van der Waals surface area contributed by atoms with Gasteiger partial charge in [-0.05, 0) is 43.7 Å². The molecule has 0 aliphatic carbocycles. The first-order valence-electron chi connectivity index (χ1n) is 12.3. The number of aliphatic hydroxyl groups excluding tert-OH is 1. The van der Waals surface area contributed by atoms with Crippen molar-refractivity contribution in [2.75, 3.05) is 31.7 Å². The van der Waals surface area contributed by atoms with Crippen molar-refractivity contribution in [2.24, 2.45) is 5.10 Å². The lowest BCUT2D eigenvalue weighted by atomic mass is 10.1. The number of carbonyl (C=O) groups excluding carboxylic acids is 2. The van der Waals surface area contributed by atoms with Gasteiger partial charge >= 0.3 is 11.9 Å². The summed E-state index contributed by atoms with van der Waals surface area (Å²) in [7, 11) is 0. The molecule has 3 aromatic carbocycles. The van der Waals surface area contributed by atoms with Crippen molar-refractivity contribution in [3.05, 3.63) is 83.2 Å². The van der Waals surface area contributed by atoms with Crippen LogP contribution in [0.4, 0.5) is 15.8 Å². The van der Waals surface area contributed by atoms with Crippen molar-refractivity contribution in [3.63, 3.8) is 0 Å². The molecule has 0 saturated carbocycles. The van der Waals surface area contributed by atoms with Crippen molar-refractivity contribution in [2.45, 2.75) is 20.3 Å². The van der Waals surface area contributed by atoms with E-state index in [-0.39, 0.29) is 55.6 Å². The number of hydrazone groups is 1. The lowest BCUT2D eigenvalue weighted by Gasteiger charge is -2.19. The molecule has 0 heterocycles. The molecule has 0 fully saturated rings. The zero-order chi connectivity index (χ0) is 28.0. The van der Waals surface area contributed by atoms with Gasteiger partial charge in [0.2, 0.25) is 0 Å². The maximum absolute atomic E-state index is 15.6. The minimum absolute atomic E-state index is 0.0361. The summed E-state index contributed by atoms with van der Waals surface area (Å²) < 4.78 is 31.8. The summed E-state index contributed by atoms with van der Waals surface area (Å²) in [5, 5.41) is 16.0. The van der Waals surface area contributed by atoms with E-state index >= 15 is 4.39 Å². The number of benzene rings is 3. The smallest absolute Gasteiger partial charge is 0.364 e. The van der Waals surface area contributed by atoms with E-state index in [2.05, 4.69) is 16.0 Å². The van der Waals surface area contributed by atoms with Gasteiger partial charge in [-0.15, -0.1) is 5.59 Å². The SMILES string of the molecule is CCOC(=O)Cc1c(F)c(Nc2ccc(/C=N/NOC(=O)c3ccccc3)cc2)cc(OCC)c1OCCO. The summed E-state index contributed by atoms with van der Waals surface area (Å²) in [5.41, 5.74) is 3.86. The minimum Gasteiger partial charge on any atom is -0.490 e. The first kappa shape index (κ1) is 28.9. The van der Waals surface area contributed by atoms with E-state index in [0.717, 1.165) is 0 Å². The van der Waals surface area contributed by atoms with Crippen LogP contribution in [0.25, 0.3) is 0 Å². The highest BCUT2D eigenvalue weighted by Gasteiger charge is 2.23. The number of rotatable bonds is 14. The lowest BCUT2D eigenvalue weighted by Crippen LogP contribution is -2.15. The number of aliphatic hydroxyl groups is 1. The Morgan fingerprint density at radius 1 is 1.03 bits per heavy atom. The zero-order valence-corrected chi connectivity index (χ0v) is 21.6. The Balaban J connectivity index is 1.74. The second kappa shape index (κ2) is 14.9. The summed E-state index contributed by atoms with van der Waals surface area (Å²) in [6.07, 6.45) is 1.06. The number of hydrogen-bond acceptors (Lipinski definition) is 10. The zero-order valence-electron chi connectivity index (χ0n) is 21.6. The molecule has 0 aliphatic heterocycles. The van der Waals surface area contributed by atoms with E-state index in [4.69, 9.17) is 19.0 Å². The Morgan fingerprint density at radius 2 is 1.77 bits per heavy atom. The highest BCUT2D eigenvalue weighted by molar-refractivity contribution is 5.89. The standard InChI is InChI=1S/C28H30FN3O7/c1-3-36-24-17-23(26(29)22(16-25(34)37-4-2)27(24)38-15-14-33)31-21-12-10-19(11-13-21)18-30-32-39-28(35)20-8-6-5-7-9-20/h5-13,17-18,31-33H,3-4,14-16H2,1-2H3/b30-18+. The highest BCUT2D eigenvalue weighted by Crippen LogP contribution is 2.39. The maximum Gasteiger partial charge on any atom is 0.364 e. The molecule has 0 spiro atoms. The van der Waals surface area contributed by atoms with Gasteiger partial charge in [-0.1, -0.05) is 30.3 Å². The van der Waals surface area contributed by atoms with Crippen molar-refractivity contribution >= 4 is 29.5 Å². The molecule has 206 valence electrons. The van der Waals surface area contributed by atoms with Gasteiger partial charge in [-0.2, -0.15) is 5.10 Å². The van der Waals surface area contributed by atoms with E-state index in [9.17, 15) is 14.7 Å². The molecular formula is C28H30FN3O7. The molecule has 0 unspecified atom stereocenters. The van der Waals surface area contributed by atoms with Crippen LogP contribution in [0.3, 0.4) is 0 Å². The van der Waals surface area contributed by atoms with Crippen molar-refractivity contribution in [3.8, 4) is 11.5 Å². The number of nitrogens with one attached hydrogen (secondary N) is 2. The Morgan fingerprint density at radius 3 is 2.44 bits per heavy atom. The number of ether oxygens (including phenoxy) is 3. The molecule has 0 atom stereocenters. The Bertz CT molecular complexity index is 1270. The van der Waals surface area contributed by atoms with Gasteiger partial charge in [0.05, 0.1) is 43.7 Å². The Kier molecular flexibility index (Phi) is 11.1. The average molecular weight is 540 g/mol. The molecular weight excluding hydrogens is 509 g/mol. The molecule has 10 nitrogen and oxygen atoms in total. The summed E-state index contributed by atoms with van der Waals surface area (Å²) in [6, 6.07) is 16.7. The van der Waals surface area contributed by atoms with Crippen LogP contribution < -0.4 is 20.4 Å². The van der Waals surface area contributed by atoms with Crippen LogP contribution in [0.2, 0.25) is 0 Å². The fraction of sp³-hybridized carbons (Fsp3) is 0.250. The quantitative estimate of drug-likeness (QED) is 0.157. The molecule has 0 radical (unpaired) electrons. The van der Waals surface area contributed by atoms with Gasteiger partial charge in [-0.25, -0.2) is 9.18 Å². The monoisotopic (exact) mass is 539 g/mol. The topological polar surface area (TPSA) is 128 Å². The van der Waals surface area contributed by atoms with E-state index < -0.39 is 17.8 Å². The van der Waals surface area contributed by atoms with Gasteiger partial charge in [0.15, 0.2) is 17.3 Å². The first-order valence-corrected chi connectivity index (χ1v) is 12.3. The van der Waals surface area contributed by atoms with Crippen LogP contribution in [-0.2, 0) is 20.8 Å². The Hall–Kier alpha value is -4.64. The fourth-order valence-corrected chi connectivity index (χ4v) is 3.45. The van der Waals surface area contributed by atoms with Crippen LogP contribution in [0, 0.1) is 5.82 Å². The minimum atomic E-state index is -0.713. The predicted octanol–water partition coefficient (Wildman–Crippen LogP) is 4.14. The van der Waals surface area contributed by atoms with Crippen molar-refractivity contribution in [1.29, 1.82) is 0 Å². The molecule has 0 amide bonds. The first-order chi connectivity index (χ1) is 19.0. The summed E-state index contributed by atoms with van der Waals surface area (Å²) >= 11 is 0. The number of carbonyl (C=O) groups is 2. The molecule has 39 heavy (non-hydrogen) atoms. The van der Waals surface area contributed by atoms with E-state index in [1.807, 2.05) is 0 Å². The summed E-state index contributed by atoms with van der Waals surface area (Å²) in [4.78, 5) is 29.0. The largest absolute Gasteiger partial charge is 0.490 e. The van der Waals surface area contributed by atoms with Crippen LogP contribution in [-0.4, -0.2) is 49.7 Å². The summed E-state index contributed by atoms with van der Waals surface area (Å²) in [6.45, 7) is 3.42. The second-order valence-corrected chi connectivity index (χ2v) is 7.88. The van der Waals surface area contributed by atoms with E-state index in [0.29, 0.717) is 16.8 Å². The van der Waals surface area contributed by atoms with Crippen molar-refractivity contribution in [1.82, 2.24) is 5.59 Å². The van der Waals surface area contributed by atoms with Crippen LogP contribution in [0.15, 0.2) is 65.8 Å². The van der Waals surface area contributed by atoms with Gasteiger partial charge in [0.1, 0.15) is 6.61 Å². The molecule has 0 aliphatic rings. The average Bonchev–Trinajstić information content (AvgIpc) is 2.94. The number of esters is 1. The number of halogens is 1. The van der Waals surface area contributed by atoms with E-state index in [1.54, 1.807) is 68.4 Å². The second-order valence-electron chi connectivity index (χ2n) is 7.88. The van der Waals surface area contributed by atoms with Gasteiger partial charge in [-0.3, -0.25) is 4.79 Å². The normalized spacial score (nSPS) is 10.7. The third-order valence-corrected chi connectivity index (χ3v) is 5.14. The Labute approximate surface area is 225 Å². The predicted molar refractivity (Wildman–Crippen MR) is 143 cm³/mol.